The van der Waals surface area contributed by atoms with Gasteiger partial charge in [0.2, 0.25) is 5.91 Å². The molecular formula is C18H15ClFN3O2. The van der Waals surface area contributed by atoms with Crippen LogP contribution in [-0.2, 0) is 9.59 Å². The first kappa shape index (κ1) is 17.1. The molecule has 2 aromatic rings. The van der Waals surface area contributed by atoms with Gasteiger partial charge in [-0.2, -0.15) is 5.10 Å². The molecule has 0 radical (unpaired) electrons. The smallest absolute Gasteiger partial charge is 0.253 e. The maximum absolute atomic E-state index is 13.7. The minimum absolute atomic E-state index is 0.0694. The molecule has 2 aromatic carbocycles. The Labute approximate surface area is 148 Å². The zero-order valence-electron chi connectivity index (χ0n) is 13.1. The molecule has 0 unspecified atom stereocenters. The normalized spacial score (nSPS) is 19.8. The topological polar surface area (TPSA) is 70.6 Å². The number of nitrogens with zero attached hydrogens (tertiary/aromatic N) is 1. The zero-order valence-corrected chi connectivity index (χ0v) is 13.8. The fraction of sp³-hybridized carbons (Fsp3) is 0.167. The second kappa shape index (κ2) is 7.44. The van der Waals surface area contributed by atoms with Gasteiger partial charge in [0.05, 0.1) is 11.2 Å². The van der Waals surface area contributed by atoms with E-state index in [4.69, 9.17) is 11.6 Å². The number of hydrogen-bond donors (Lipinski definition) is 2. The van der Waals surface area contributed by atoms with Crippen LogP contribution in [0.3, 0.4) is 0 Å². The zero-order chi connectivity index (χ0) is 17.8. The van der Waals surface area contributed by atoms with Crippen molar-refractivity contribution < 1.29 is 14.0 Å². The number of carbonyl (C=O) groups is 2. The third-order valence-corrected chi connectivity index (χ3v) is 4.39. The molecule has 0 bridgehead atoms. The average Bonchev–Trinajstić information content (AvgIpc) is 3.00. The molecule has 0 aliphatic carbocycles. The van der Waals surface area contributed by atoms with Crippen LogP contribution in [0.5, 0.6) is 0 Å². The van der Waals surface area contributed by atoms with Crippen molar-refractivity contribution in [3.63, 3.8) is 0 Å². The van der Waals surface area contributed by atoms with E-state index in [0.29, 0.717) is 6.54 Å². The number of rotatable bonds is 4. The maximum Gasteiger partial charge on any atom is 0.253 e. The van der Waals surface area contributed by atoms with Crippen LogP contribution in [0.2, 0.25) is 5.02 Å². The van der Waals surface area contributed by atoms with Gasteiger partial charge in [0.15, 0.2) is 0 Å². The fourth-order valence-electron chi connectivity index (χ4n) is 2.80. The summed E-state index contributed by atoms with van der Waals surface area (Å²) in [6.07, 6.45) is 1.12. The second-order valence-corrected chi connectivity index (χ2v) is 6.02. The molecule has 128 valence electrons. The third kappa shape index (κ3) is 3.69. The van der Waals surface area contributed by atoms with Gasteiger partial charge in [-0.25, -0.2) is 9.82 Å². The first-order chi connectivity index (χ1) is 12.1. The van der Waals surface area contributed by atoms with Gasteiger partial charge in [-0.1, -0.05) is 48.0 Å². The summed E-state index contributed by atoms with van der Waals surface area (Å²) >= 11 is 5.89. The van der Waals surface area contributed by atoms with Gasteiger partial charge in [0.25, 0.3) is 5.91 Å². The molecule has 3 rings (SSSR count). The molecule has 1 fully saturated rings. The number of benzene rings is 2. The van der Waals surface area contributed by atoms with Crippen molar-refractivity contribution in [3.8, 4) is 0 Å². The maximum atomic E-state index is 13.7. The molecule has 1 heterocycles. The summed E-state index contributed by atoms with van der Waals surface area (Å²) in [5.41, 5.74) is 3.26. The Hall–Kier alpha value is -2.73. The predicted molar refractivity (Wildman–Crippen MR) is 92.8 cm³/mol. The molecule has 2 amide bonds. The Morgan fingerprint density at radius 1 is 1.24 bits per heavy atom. The highest BCUT2D eigenvalue weighted by Gasteiger charge is 2.40. The van der Waals surface area contributed by atoms with E-state index < -0.39 is 17.6 Å². The van der Waals surface area contributed by atoms with Gasteiger partial charge in [0, 0.05) is 18.0 Å². The van der Waals surface area contributed by atoms with E-state index in [1.54, 1.807) is 0 Å². The van der Waals surface area contributed by atoms with E-state index in [2.05, 4.69) is 15.8 Å². The summed E-state index contributed by atoms with van der Waals surface area (Å²) in [5, 5.41) is 6.61. The number of nitrogens with one attached hydrogen (secondary N) is 2. The Bertz CT molecular complexity index is 806. The van der Waals surface area contributed by atoms with Gasteiger partial charge in [-0.15, -0.1) is 0 Å². The number of carbonyl (C=O) groups excluding carboxylic acids is 2. The van der Waals surface area contributed by atoms with Crippen LogP contribution in [0.4, 0.5) is 4.39 Å². The van der Waals surface area contributed by atoms with Gasteiger partial charge in [0.1, 0.15) is 11.7 Å². The van der Waals surface area contributed by atoms with E-state index in [1.165, 1.54) is 18.2 Å². The Kier molecular flexibility index (Phi) is 5.09. The highest BCUT2D eigenvalue weighted by Crippen LogP contribution is 2.29. The molecule has 0 saturated carbocycles. The Morgan fingerprint density at radius 3 is 2.72 bits per heavy atom. The molecule has 1 saturated heterocycles. The van der Waals surface area contributed by atoms with Crippen LogP contribution in [0, 0.1) is 11.7 Å². The van der Waals surface area contributed by atoms with Crippen molar-refractivity contribution in [2.45, 2.75) is 5.92 Å². The predicted octanol–water partition coefficient (Wildman–Crippen LogP) is 2.46. The largest absolute Gasteiger partial charge is 0.355 e. The minimum Gasteiger partial charge on any atom is -0.355 e. The van der Waals surface area contributed by atoms with Gasteiger partial charge < -0.3 is 5.32 Å². The number of amides is 2. The summed E-state index contributed by atoms with van der Waals surface area (Å²) in [4.78, 5) is 24.4. The van der Waals surface area contributed by atoms with Crippen molar-refractivity contribution in [2.24, 2.45) is 11.0 Å². The van der Waals surface area contributed by atoms with Gasteiger partial charge in [-0.3, -0.25) is 9.59 Å². The molecule has 7 heteroatoms. The van der Waals surface area contributed by atoms with E-state index in [9.17, 15) is 14.0 Å². The van der Waals surface area contributed by atoms with Crippen LogP contribution in [0.15, 0.2) is 53.6 Å². The molecule has 25 heavy (non-hydrogen) atoms. The lowest BCUT2D eigenvalue weighted by molar-refractivity contribution is -0.133. The monoisotopic (exact) mass is 359 g/mol. The quantitative estimate of drug-likeness (QED) is 0.500. The first-order valence-electron chi connectivity index (χ1n) is 7.67. The molecular weight excluding hydrogens is 345 g/mol. The highest BCUT2D eigenvalue weighted by molar-refractivity contribution is 6.33. The van der Waals surface area contributed by atoms with Crippen LogP contribution >= 0.6 is 11.6 Å². The molecule has 2 N–H and O–H groups in total. The average molecular weight is 360 g/mol. The molecule has 5 nitrogen and oxygen atoms in total. The summed E-state index contributed by atoms with van der Waals surface area (Å²) < 4.78 is 13.7. The third-order valence-electron chi connectivity index (χ3n) is 4.06. The SMILES string of the molecule is O=C1NC[C@@H](c2ccccc2)[C@H]1C(=O)N/N=C/c1c(F)cccc1Cl. The van der Waals surface area contributed by atoms with Crippen molar-refractivity contribution >= 4 is 29.6 Å². The van der Waals surface area contributed by atoms with Crippen molar-refractivity contribution in [3.05, 3.63) is 70.5 Å². The molecule has 1 aliphatic rings. The summed E-state index contributed by atoms with van der Waals surface area (Å²) in [6.45, 7) is 0.379. The van der Waals surface area contributed by atoms with Crippen molar-refractivity contribution in [1.82, 2.24) is 10.7 Å². The molecule has 2 atom stereocenters. The van der Waals surface area contributed by atoms with Gasteiger partial charge >= 0.3 is 0 Å². The van der Waals surface area contributed by atoms with E-state index in [-0.39, 0.29) is 22.4 Å². The van der Waals surface area contributed by atoms with Crippen molar-refractivity contribution in [2.75, 3.05) is 6.54 Å². The summed E-state index contributed by atoms with van der Waals surface area (Å²) in [7, 11) is 0. The minimum atomic E-state index is -0.893. The van der Waals surface area contributed by atoms with Crippen LogP contribution in [0.25, 0.3) is 0 Å². The van der Waals surface area contributed by atoms with E-state index >= 15 is 0 Å². The number of halogens is 2. The van der Waals surface area contributed by atoms with E-state index in [0.717, 1.165) is 11.8 Å². The number of hydrazone groups is 1. The van der Waals surface area contributed by atoms with Crippen LogP contribution in [-0.4, -0.2) is 24.6 Å². The lowest BCUT2D eigenvalue weighted by atomic mass is 9.88. The van der Waals surface area contributed by atoms with Crippen LogP contribution < -0.4 is 10.7 Å². The second-order valence-electron chi connectivity index (χ2n) is 5.61. The summed E-state index contributed by atoms with van der Waals surface area (Å²) in [5.74, 6) is -2.62. The highest BCUT2D eigenvalue weighted by atomic mass is 35.5. The first-order valence-corrected chi connectivity index (χ1v) is 8.05. The fourth-order valence-corrected chi connectivity index (χ4v) is 3.01. The lowest BCUT2D eigenvalue weighted by Crippen LogP contribution is -2.34. The molecule has 0 spiro atoms. The van der Waals surface area contributed by atoms with Crippen molar-refractivity contribution in [1.29, 1.82) is 0 Å². The number of hydrogen-bond acceptors (Lipinski definition) is 3. The van der Waals surface area contributed by atoms with E-state index in [1.807, 2.05) is 30.3 Å². The molecule has 0 aromatic heterocycles. The van der Waals surface area contributed by atoms with Crippen LogP contribution in [0.1, 0.15) is 17.0 Å². The Morgan fingerprint density at radius 2 is 2.00 bits per heavy atom. The standard InChI is InChI=1S/C18H15ClFN3O2/c19-14-7-4-8-15(20)13(14)10-22-23-18(25)16-12(9-21-17(16)24)11-5-2-1-3-6-11/h1-8,10,12,16H,9H2,(H,21,24)(H,23,25)/b22-10+/t12-,16+/m0/s1. The Balaban J connectivity index is 1.73. The molecule has 1 aliphatic heterocycles. The summed E-state index contributed by atoms with van der Waals surface area (Å²) in [6, 6.07) is 13.5. The lowest BCUT2D eigenvalue weighted by Gasteiger charge is -2.15. The van der Waals surface area contributed by atoms with Gasteiger partial charge in [-0.05, 0) is 17.7 Å².